The molecular weight excluding hydrogens is 653 g/mol. The molecule has 9 nitrogen and oxygen atoms in total. The van der Waals surface area contributed by atoms with Crippen molar-refractivity contribution >= 4 is 19.8 Å². The summed E-state index contributed by atoms with van der Waals surface area (Å²) in [4.78, 5) is 34.9. The summed E-state index contributed by atoms with van der Waals surface area (Å²) in [5, 5.41) is 2.81. The van der Waals surface area contributed by atoms with Crippen LogP contribution in [0.25, 0.3) is 0 Å². The highest BCUT2D eigenvalue weighted by Gasteiger charge is 2.26. The van der Waals surface area contributed by atoms with E-state index < -0.39 is 32.5 Å². The Kier molecular flexibility index (Phi) is 34.8. The Morgan fingerprint density at radius 3 is 1.72 bits per heavy atom. The van der Waals surface area contributed by atoms with Crippen molar-refractivity contribution in [3.63, 3.8) is 0 Å². The minimum absolute atomic E-state index is 0.0255. The van der Waals surface area contributed by atoms with E-state index in [1.807, 2.05) is 0 Å². The number of carbonyl (C=O) groups excluding carboxylic acids is 2. The van der Waals surface area contributed by atoms with Crippen LogP contribution in [0, 0.1) is 0 Å². The number of nitrogens with one attached hydrogen (secondary N) is 1. The standard InChI is InChI=1S/C40H70NO8P/c1-4-6-8-10-12-14-16-17-18-19-20-21-23-24-26-28-30-32-39(42)46-36-38(37-48-50(44,45)47-35-34-41-3)49-40(43)33-31-29-27-25-22-15-13-11-9-7-5-2/h6,8,11-14,17-18,20-21,38,41H,4-5,7,9-10,15-16,19,22-37H2,1-3H3,(H,44,45)/b8-6-,13-11-,14-12-,18-17-,21-20-. The average molecular weight is 724 g/mol. The molecule has 0 bridgehead atoms. The number of likely N-dealkylation sites (N-methyl/N-ethyl adjacent to an activating group) is 1. The first kappa shape index (κ1) is 47.7. The molecule has 2 N–H and O–H groups in total. The number of phosphoric acid groups is 1. The van der Waals surface area contributed by atoms with Crippen molar-refractivity contribution in [2.75, 3.05) is 33.4 Å². The van der Waals surface area contributed by atoms with Crippen molar-refractivity contribution in [2.45, 2.75) is 148 Å². The SMILES string of the molecule is CC/C=C\C/C=C\C/C=C\C/C=C\CCCCCCC(=O)OCC(COP(=O)(O)OCCNC)OC(=O)CCCCCCC/C=C\CCCC. The molecule has 10 heteroatoms. The average Bonchev–Trinajstić information content (AvgIpc) is 3.09. The first-order chi connectivity index (χ1) is 24.3. The topological polar surface area (TPSA) is 120 Å². The van der Waals surface area contributed by atoms with Crippen LogP contribution in [-0.2, 0) is 32.7 Å². The lowest BCUT2D eigenvalue weighted by atomic mass is 10.1. The molecule has 0 rings (SSSR count). The minimum Gasteiger partial charge on any atom is -0.462 e. The van der Waals surface area contributed by atoms with Crippen LogP contribution in [0.1, 0.15) is 142 Å². The second-order valence-corrected chi connectivity index (χ2v) is 13.8. The van der Waals surface area contributed by atoms with E-state index in [0.717, 1.165) is 89.9 Å². The molecule has 0 spiro atoms. The van der Waals surface area contributed by atoms with Gasteiger partial charge in [-0.15, -0.1) is 0 Å². The van der Waals surface area contributed by atoms with Gasteiger partial charge in [0, 0.05) is 19.4 Å². The van der Waals surface area contributed by atoms with E-state index in [-0.39, 0.29) is 26.1 Å². The highest BCUT2D eigenvalue weighted by molar-refractivity contribution is 7.47. The van der Waals surface area contributed by atoms with Gasteiger partial charge in [0.05, 0.1) is 13.2 Å². The van der Waals surface area contributed by atoms with Crippen LogP contribution in [-0.4, -0.2) is 56.3 Å². The summed E-state index contributed by atoms with van der Waals surface area (Å²) < 4.78 is 33.0. The van der Waals surface area contributed by atoms with E-state index in [1.165, 1.54) is 12.8 Å². The number of unbranched alkanes of at least 4 members (excludes halogenated alkanes) is 11. The van der Waals surface area contributed by atoms with E-state index in [9.17, 15) is 19.0 Å². The molecule has 0 aliphatic carbocycles. The summed E-state index contributed by atoms with van der Waals surface area (Å²) in [5.41, 5.74) is 0. The van der Waals surface area contributed by atoms with Gasteiger partial charge in [-0.05, 0) is 77.7 Å². The maximum absolute atomic E-state index is 12.5. The Morgan fingerprint density at radius 2 is 1.14 bits per heavy atom. The quantitative estimate of drug-likeness (QED) is 0.0285. The van der Waals surface area contributed by atoms with E-state index in [4.69, 9.17) is 18.5 Å². The largest absolute Gasteiger partial charge is 0.472 e. The van der Waals surface area contributed by atoms with Gasteiger partial charge in [-0.3, -0.25) is 18.6 Å². The lowest BCUT2D eigenvalue weighted by Crippen LogP contribution is -2.29. The third-order valence-corrected chi connectivity index (χ3v) is 8.61. The lowest BCUT2D eigenvalue weighted by Gasteiger charge is -2.20. The van der Waals surface area contributed by atoms with Crippen molar-refractivity contribution in [1.82, 2.24) is 5.32 Å². The summed E-state index contributed by atoms with van der Waals surface area (Å²) in [6, 6.07) is 0. The number of carbonyl (C=O) groups is 2. The highest BCUT2D eigenvalue weighted by atomic mass is 31.2. The fourth-order valence-corrected chi connectivity index (χ4v) is 5.45. The van der Waals surface area contributed by atoms with E-state index in [1.54, 1.807) is 7.05 Å². The second-order valence-electron chi connectivity index (χ2n) is 12.4. The molecule has 0 saturated heterocycles. The van der Waals surface area contributed by atoms with Gasteiger partial charge in [0.2, 0.25) is 0 Å². The van der Waals surface area contributed by atoms with Crippen molar-refractivity contribution in [3.8, 4) is 0 Å². The molecule has 0 aromatic heterocycles. The fourth-order valence-electron chi connectivity index (χ4n) is 4.70. The molecule has 2 unspecified atom stereocenters. The molecule has 0 amide bonds. The van der Waals surface area contributed by atoms with Crippen molar-refractivity contribution in [3.05, 3.63) is 60.8 Å². The molecule has 0 heterocycles. The van der Waals surface area contributed by atoms with E-state index in [2.05, 4.69) is 79.9 Å². The second kappa shape index (κ2) is 36.5. The molecule has 50 heavy (non-hydrogen) atoms. The van der Waals surface area contributed by atoms with Gasteiger partial charge in [-0.25, -0.2) is 4.57 Å². The maximum Gasteiger partial charge on any atom is 0.472 e. The third kappa shape index (κ3) is 35.5. The number of rotatable bonds is 35. The molecule has 0 saturated carbocycles. The zero-order chi connectivity index (χ0) is 36.8. The smallest absolute Gasteiger partial charge is 0.462 e. The summed E-state index contributed by atoms with van der Waals surface area (Å²) >= 11 is 0. The number of esters is 2. The molecule has 0 aliphatic heterocycles. The van der Waals surface area contributed by atoms with Gasteiger partial charge in [-0.1, -0.05) is 120 Å². The Morgan fingerprint density at radius 1 is 0.640 bits per heavy atom. The van der Waals surface area contributed by atoms with Crippen molar-refractivity contribution < 1.29 is 37.6 Å². The third-order valence-electron chi connectivity index (χ3n) is 7.62. The number of hydrogen-bond donors (Lipinski definition) is 2. The zero-order valence-corrected chi connectivity index (χ0v) is 32.5. The molecule has 0 aliphatic rings. The summed E-state index contributed by atoms with van der Waals surface area (Å²) in [6.07, 6.45) is 39.8. The summed E-state index contributed by atoms with van der Waals surface area (Å²) in [7, 11) is -2.66. The molecule has 0 aromatic rings. The highest BCUT2D eigenvalue weighted by Crippen LogP contribution is 2.43. The van der Waals surface area contributed by atoms with Gasteiger partial charge < -0.3 is 19.7 Å². The van der Waals surface area contributed by atoms with Crippen LogP contribution < -0.4 is 5.32 Å². The molecule has 0 radical (unpaired) electrons. The number of ether oxygens (including phenoxy) is 2. The van der Waals surface area contributed by atoms with Gasteiger partial charge in [0.1, 0.15) is 6.61 Å². The molecule has 2 atom stereocenters. The zero-order valence-electron chi connectivity index (χ0n) is 31.6. The lowest BCUT2D eigenvalue weighted by molar-refractivity contribution is -0.161. The first-order valence-corrected chi connectivity index (χ1v) is 20.7. The Balaban J connectivity index is 4.33. The van der Waals surface area contributed by atoms with Crippen LogP contribution in [0.2, 0.25) is 0 Å². The normalized spacial score (nSPS) is 14.1. The number of phosphoric ester groups is 1. The van der Waals surface area contributed by atoms with Crippen LogP contribution in [0.15, 0.2) is 60.8 Å². The minimum atomic E-state index is -4.35. The predicted octanol–water partition coefficient (Wildman–Crippen LogP) is 10.4. The monoisotopic (exact) mass is 723 g/mol. The molecule has 0 aromatic carbocycles. The number of hydrogen-bond acceptors (Lipinski definition) is 8. The Bertz CT molecular complexity index is 1010. The number of allylic oxidation sites excluding steroid dienone is 10. The van der Waals surface area contributed by atoms with Crippen LogP contribution >= 0.6 is 7.82 Å². The molecule has 0 fully saturated rings. The predicted molar refractivity (Wildman–Crippen MR) is 206 cm³/mol. The maximum atomic E-state index is 12.5. The Hall–Kier alpha value is -2.29. The molecular formula is C40H70NO8P. The van der Waals surface area contributed by atoms with Gasteiger partial charge in [0.25, 0.3) is 0 Å². The fraction of sp³-hybridized carbons (Fsp3) is 0.700. The van der Waals surface area contributed by atoms with Crippen LogP contribution in [0.5, 0.6) is 0 Å². The van der Waals surface area contributed by atoms with E-state index in [0.29, 0.717) is 19.4 Å². The van der Waals surface area contributed by atoms with Gasteiger partial charge in [0.15, 0.2) is 6.10 Å². The van der Waals surface area contributed by atoms with Gasteiger partial charge in [-0.2, -0.15) is 0 Å². The van der Waals surface area contributed by atoms with Crippen LogP contribution in [0.4, 0.5) is 0 Å². The van der Waals surface area contributed by atoms with Gasteiger partial charge >= 0.3 is 19.8 Å². The first-order valence-electron chi connectivity index (χ1n) is 19.2. The summed E-state index contributed by atoms with van der Waals surface area (Å²) in [6.45, 7) is 4.00. The summed E-state index contributed by atoms with van der Waals surface area (Å²) in [5.74, 6) is -0.853. The van der Waals surface area contributed by atoms with Crippen LogP contribution in [0.3, 0.4) is 0 Å². The Labute approximate surface area is 304 Å². The van der Waals surface area contributed by atoms with E-state index >= 15 is 0 Å². The van der Waals surface area contributed by atoms with Crippen molar-refractivity contribution in [1.29, 1.82) is 0 Å². The molecule has 288 valence electrons. The van der Waals surface area contributed by atoms with Crippen molar-refractivity contribution in [2.24, 2.45) is 0 Å².